The van der Waals surface area contributed by atoms with Crippen molar-refractivity contribution in [3.8, 4) is 23.0 Å². The van der Waals surface area contributed by atoms with E-state index in [4.69, 9.17) is 56.4 Å². The third kappa shape index (κ3) is 18.2. The lowest BCUT2D eigenvalue weighted by atomic mass is 9.54. The van der Waals surface area contributed by atoms with Crippen LogP contribution in [0.3, 0.4) is 0 Å². The summed E-state index contributed by atoms with van der Waals surface area (Å²) in [5.74, 6) is -15.2. The van der Waals surface area contributed by atoms with Gasteiger partial charge < -0.3 is 122 Å². The van der Waals surface area contributed by atoms with E-state index in [1.807, 2.05) is 25.5 Å². The third-order valence-corrected chi connectivity index (χ3v) is 26.6. The number of benzene rings is 2. The minimum absolute atomic E-state index is 0.0213. The summed E-state index contributed by atoms with van der Waals surface area (Å²) in [4.78, 5) is 125. The fourth-order valence-corrected chi connectivity index (χ4v) is 20.1. The summed E-state index contributed by atoms with van der Waals surface area (Å²) >= 11 is 14.5. The van der Waals surface area contributed by atoms with Crippen LogP contribution in [-0.4, -0.2) is 245 Å². The molecule has 38 heteroatoms. The van der Waals surface area contributed by atoms with E-state index in [9.17, 15) is 59.2 Å². The van der Waals surface area contributed by atoms with Gasteiger partial charge in [-0.3, -0.25) is 38.4 Å². The number of alkyl halides is 1. The molecule has 18 N–H and O–H groups in total. The summed E-state index contributed by atoms with van der Waals surface area (Å²) in [7, 11) is -3.45. The second-order valence-electron chi connectivity index (χ2n) is 33.1. The van der Waals surface area contributed by atoms with Crippen molar-refractivity contribution in [3.05, 3.63) is 134 Å². The van der Waals surface area contributed by atoms with Gasteiger partial charge in [-0.05, 0) is 196 Å². The lowest BCUT2D eigenvalue weighted by Gasteiger charge is -2.54. The van der Waals surface area contributed by atoms with Crippen LogP contribution in [0.5, 0.6) is 23.0 Å². The van der Waals surface area contributed by atoms with Crippen LogP contribution in [0, 0.1) is 41.4 Å². The highest BCUT2D eigenvalue weighted by atomic mass is 35.5. The zero-order chi connectivity index (χ0) is 85.7. The highest BCUT2D eigenvalue weighted by Gasteiger charge is 2.66. The number of aliphatic hydroxyl groups is 9. The quantitative estimate of drug-likeness (QED) is 0.0606. The molecule has 2 saturated heterocycles. The number of likely N-dealkylation sites (N-methyl/N-ethyl adjacent to an activating group) is 1. The highest BCUT2D eigenvalue weighted by Crippen LogP contribution is 2.55. The topological polar surface area (TPSA) is 526 Å². The van der Waals surface area contributed by atoms with Gasteiger partial charge in [-0.1, -0.05) is 37.6 Å². The molecule has 120 heavy (non-hydrogen) atoms. The van der Waals surface area contributed by atoms with Crippen LogP contribution < -0.4 is 66.2 Å². The number of hydrogen-bond donors (Lipinski definition) is 18. The molecule has 17 rings (SSSR count). The fourth-order valence-electron chi connectivity index (χ4n) is 18.5. The number of nitrogens with one attached hydrogen (secondary N) is 9. The van der Waals surface area contributed by atoms with E-state index in [1.54, 1.807) is 0 Å². The summed E-state index contributed by atoms with van der Waals surface area (Å²) in [5, 5.41) is 126. The SMILES string of the molecule is CCOCCOCCOc1ccc(S(=O)(=O)NC(=O)[C@@H]2CC23NC(=O)[C@H](NC(=O)[C@@H](CC(C)C)NC)[C@H](O)C2=CC(Cl)=C(CC2)Oc2cc4cc(c2O[C@@H]2O[C@H](CO)[C@@H](O)[C@H](O)[C@H]2O)OC2=CC=C(C[C@@H]2Cl)[C@@H](O)[C@@H]2NC(=O)[C@H](NC(=O)[C@@H]4NC3=O)C3=CC=C(O)C(C3)C3=C(O)C[C@@H](O)C=C3[C@@H](C(=O)NC3C4CC5CC(C4)CC3C5)NC2=O)cc1. The van der Waals surface area contributed by atoms with Crippen LogP contribution in [0.2, 0.25) is 0 Å². The molecule has 15 aliphatic rings. The number of sulfonamides is 1. The summed E-state index contributed by atoms with van der Waals surface area (Å²) < 4.78 is 73.1. The predicted molar refractivity (Wildman–Crippen MR) is 423 cm³/mol. The molecule has 5 saturated carbocycles. The first kappa shape index (κ1) is 87.4. The number of aliphatic hydroxyl groups excluding tert-OH is 9. The zero-order valence-electron chi connectivity index (χ0n) is 66.1. The summed E-state index contributed by atoms with van der Waals surface area (Å²) in [5.41, 5.74) is -3.70. The molecule has 0 aromatic heterocycles. The molecule has 18 atom stereocenters. The molecule has 2 aromatic rings. The number of carbonyl (C=O) groups is 8. The molecule has 650 valence electrons. The molecule has 1 spiro atoms. The lowest BCUT2D eigenvalue weighted by molar-refractivity contribution is -0.277. The van der Waals surface area contributed by atoms with Crippen LogP contribution in [0.25, 0.3) is 0 Å². The van der Waals surface area contributed by atoms with Crippen LogP contribution >= 0.6 is 23.2 Å². The average molecular weight is 1730 g/mol. The molecular weight excluding hydrogens is 1630 g/mol. The molecule has 6 aliphatic heterocycles. The molecule has 2 unspecified atom stereocenters. The number of allylic oxidation sites excluding steroid dienone is 9. The van der Waals surface area contributed by atoms with Gasteiger partial charge >= 0.3 is 0 Å². The molecule has 6 heterocycles. The van der Waals surface area contributed by atoms with Gasteiger partial charge in [-0.15, -0.1) is 11.6 Å². The largest absolute Gasteiger partial charge is 0.512 e. The number of halogens is 2. The zero-order valence-corrected chi connectivity index (χ0v) is 68.4. The van der Waals surface area contributed by atoms with E-state index in [1.165, 1.54) is 49.6 Å². The normalized spacial score (nSPS) is 33.8. The molecule has 0 radical (unpaired) electrons. The first-order valence-corrected chi connectivity index (χ1v) is 42.7. The van der Waals surface area contributed by atoms with E-state index in [-0.39, 0.29) is 113 Å². The van der Waals surface area contributed by atoms with Gasteiger partial charge in [0.25, 0.3) is 10.0 Å². The minimum atomic E-state index is -4.93. The van der Waals surface area contributed by atoms with Gasteiger partial charge in [-0.2, -0.15) is 0 Å². The lowest BCUT2D eigenvalue weighted by Crippen LogP contribution is -2.64. The Labute approximate surface area is 700 Å². The molecule has 9 aliphatic carbocycles. The van der Waals surface area contributed by atoms with E-state index in [0.717, 1.165) is 62.4 Å². The number of fused-ring (bicyclic) bond motifs is 13. The maximum atomic E-state index is 16.6. The minimum Gasteiger partial charge on any atom is -0.512 e. The molecule has 8 amide bonds. The van der Waals surface area contributed by atoms with Crippen LogP contribution in [0.4, 0.5) is 0 Å². The first-order chi connectivity index (χ1) is 57.2. The fraction of sp³-hybridized carbons (Fsp3) is 0.561. The maximum absolute atomic E-state index is 16.6. The first-order valence-electron chi connectivity index (χ1n) is 40.4. The number of amides is 8. The number of ether oxygens (including phenoxy) is 7. The van der Waals surface area contributed by atoms with Gasteiger partial charge in [0.1, 0.15) is 102 Å². The number of hydrogen-bond acceptors (Lipinski definition) is 27. The standard InChI is InChI=1S/C82H101Cl2N9O26S/c1-5-113-16-17-114-18-19-115-45-9-11-46(12-10-45)120(111,112)93-73(103)49-33-82(49)81(110)91-63-43-29-57(72(119-80-71(102)70(101)69(100)59(34-94)118-80)58(30-43)117-56-15-8-40(28-51(56)84)68(99)66(79(109)92-82)89-74(104)52(85-4)20-35(2)3)116-55-14-7-39(27-50(55)83)67(98)65-78(108)88-64(77(107)86-61-41-22-36-21-37(24-41)25-42(61)23-36)48-31-44(95)32-54(97)60(48)47-26-38(6-13-53(47)96)62(75(105)90-65)87-76(63)106/h6-7,9-14,28-31,35-37,41-42,44,47,49-50,52,59,61-71,80,85,94-102H,5,8,15-27,32-34H2,1-4H3,(H,86,107)(H,87,106)(H,88,108)(H,89,104)(H,90,105)(H,91,110)(H,92,109)(H,93,103)/t36?,37?,41?,42?,44-,47?,49-,50-,52+,59+,61?,62+,63+,64-,65-,66+,67+,68+,69+,70-,71+,80-,82?/m0/s1. The third-order valence-electron chi connectivity index (χ3n) is 24.6. The van der Waals surface area contributed by atoms with E-state index in [0.29, 0.717) is 25.0 Å². The Morgan fingerprint density at radius 1 is 0.725 bits per heavy atom. The van der Waals surface area contributed by atoms with Crippen LogP contribution in [0.15, 0.2) is 134 Å². The molecular formula is C82H101Cl2N9O26S. The molecule has 35 nitrogen and oxygen atoms in total. The van der Waals surface area contributed by atoms with Gasteiger partial charge in [0.15, 0.2) is 11.5 Å². The van der Waals surface area contributed by atoms with E-state index >= 15 is 33.6 Å². The van der Waals surface area contributed by atoms with Crippen molar-refractivity contribution < 1.29 is 126 Å². The van der Waals surface area contributed by atoms with Crippen LogP contribution in [-0.2, 0) is 62.6 Å². The van der Waals surface area contributed by atoms with Gasteiger partial charge in [0, 0.05) is 37.0 Å². The van der Waals surface area contributed by atoms with Crippen molar-refractivity contribution in [3.63, 3.8) is 0 Å². The van der Waals surface area contributed by atoms with Crippen molar-refractivity contribution in [2.75, 3.05) is 46.7 Å². The van der Waals surface area contributed by atoms with Gasteiger partial charge in [-0.25, -0.2) is 13.1 Å². The van der Waals surface area contributed by atoms with Gasteiger partial charge in [0.05, 0.1) is 65.6 Å². The van der Waals surface area contributed by atoms with Crippen molar-refractivity contribution >= 4 is 80.5 Å². The second kappa shape index (κ2) is 36.2. The van der Waals surface area contributed by atoms with Crippen molar-refractivity contribution in [2.24, 2.45) is 41.4 Å². The Bertz CT molecular complexity index is 4730. The number of carbonyl (C=O) groups excluding carboxylic acids is 8. The number of rotatable bonds is 21. The summed E-state index contributed by atoms with van der Waals surface area (Å²) in [6, 6.07) is -4.99. The van der Waals surface area contributed by atoms with Gasteiger partial charge in [0.2, 0.25) is 59.3 Å². The maximum Gasteiger partial charge on any atom is 0.264 e. The predicted octanol–water partition coefficient (Wildman–Crippen LogP) is 0.752. The van der Waals surface area contributed by atoms with Crippen molar-refractivity contribution in [1.82, 2.24) is 47.3 Å². The monoisotopic (exact) mass is 1730 g/mol. The van der Waals surface area contributed by atoms with E-state index in [2.05, 4.69) is 42.5 Å². The Hall–Kier alpha value is -8.99. The van der Waals surface area contributed by atoms with Crippen molar-refractivity contribution in [1.29, 1.82) is 0 Å². The molecule has 15 bridgehead atoms. The Morgan fingerprint density at radius 2 is 1.41 bits per heavy atom. The smallest absolute Gasteiger partial charge is 0.264 e. The Kier molecular flexibility index (Phi) is 26.4. The molecule has 2 aromatic carbocycles. The Morgan fingerprint density at radius 3 is 2.08 bits per heavy atom. The van der Waals surface area contributed by atoms with Crippen LogP contribution in [0.1, 0.15) is 109 Å². The average Bonchev–Trinajstić information content (AvgIpc) is 1.54. The van der Waals surface area contributed by atoms with Crippen molar-refractivity contribution in [2.45, 2.75) is 205 Å². The highest BCUT2D eigenvalue weighted by molar-refractivity contribution is 7.90. The summed E-state index contributed by atoms with van der Waals surface area (Å²) in [6.07, 6.45) is -6.22. The van der Waals surface area contributed by atoms with E-state index < -0.39 is 237 Å². The molecule has 7 fully saturated rings. The summed E-state index contributed by atoms with van der Waals surface area (Å²) in [6.45, 7) is 5.85. The second-order valence-corrected chi connectivity index (χ2v) is 35.7. The Balaban J connectivity index is 0.916.